The number of hydrogen-bond acceptors (Lipinski definition) is 2. The fourth-order valence-corrected chi connectivity index (χ4v) is 4.95. The van der Waals surface area contributed by atoms with Crippen LogP contribution in [-0.2, 0) is 11.6 Å². The van der Waals surface area contributed by atoms with Gasteiger partial charge in [0.05, 0.1) is 16.0 Å². The maximum atomic E-state index is 13.6. The van der Waals surface area contributed by atoms with Crippen LogP contribution in [0.2, 0.25) is 0 Å². The lowest BCUT2D eigenvalue weighted by Gasteiger charge is -2.22. The van der Waals surface area contributed by atoms with E-state index in [1.807, 2.05) is 24.3 Å². The second-order valence-electron chi connectivity index (χ2n) is 8.06. The number of benzene rings is 2. The fourth-order valence-electron chi connectivity index (χ4n) is 3.77. The van der Waals surface area contributed by atoms with E-state index in [9.17, 15) is 13.2 Å². The molecule has 144 valence electrons. The van der Waals surface area contributed by atoms with Crippen LogP contribution in [0.3, 0.4) is 0 Å². The van der Waals surface area contributed by atoms with Gasteiger partial charge in [-0.3, -0.25) is 4.98 Å². The molecule has 0 spiro atoms. The maximum Gasteiger partial charge on any atom is 0.418 e. The standard InChI is InChI=1S/C23H20F3NS/c1-13-19(23(24,25)26)17-9-10-27-20(21(17)28-13)15-11-14-7-5-6-8-16(14)18(12-15)22(2,3)4/h5-12H,1-4H3. The molecule has 0 N–H and O–H groups in total. The van der Waals surface area contributed by atoms with Crippen LogP contribution < -0.4 is 0 Å². The summed E-state index contributed by atoms with van der Waals surface area (Å²) in [6.07, 6.45) is -2.90. The van der Waals surface area contributed by atoms with Crippen molar-refractivity contribution in [1.82, 2.24) is 4.98 Å². The third-order valence-corrected chi connectivity index (χ3v) is 6.14. The number of nitrogens with zero attached hydrogens (tertiary/aromatic N) is 1. The van der Waals surface area contributed by atoms with Gasteiger partial charge in [0.1, 0.15) is 0 Å². The van der Waals surface area contributed by atoms with Gasteiger partial charge in [-0.15, -0.1) is 11.3 Å². The molecule has 0 bridgehead atoms. The van der Waals surface area contributed by atoms with Crippen LogP contribution in [-0.4, -0.2) is 4.98 Å². The molecule has 0 radical (unpaired) electrons. The van der Waals surface area contributed by atoms with E-state index < -0.39 is 11.7 Å². The van der Waals surface area contributed by atoms with E-state index >= 15 is 0 Å². The summed E-state index contributed by atoms with van der Waals surface area (Å²) in [6, 6.07) is 13.7. The number of rotatable bonds is 1. The molecular weight excluding hydrogens is 379 g/mol. The van der Waals surface area contributed by atoms with Crippen LogP contribution in [0.15, 0.2) is 48.7 Å². The number of fused-ring (bicyclic) bond motifs is 2. The summed E-state index contributed by atoms with van der Waals surface area (Å²) >= 11 is 1.16. The molecule has 4 rings (SSSR count). The van der Waals surface area contributed by atoms with E-state index in [0.29, 0.717) is 10.4 Å². The predicted octanol–water partition coefficient (Wildman–Crippen LogP) is 7.74. The van der Waals surface area contributed by atoms with Gasteiger partial charge in [0.15, 0.2) is 0 Å². The van der Waals surface area contributed by atoms with Crippen molar-refractivity contribution in [3.8, 4) is 11.3 Å². The smallest absolute Gasteiger partial charge is 0.255 e. The van der Waals surface area contributed by atoms with E-state index in [4.69, 9.17) is 0 Å². The van der Waals surface area contributed by atoms with Crippen LogP contribution in [0.25, 0.3) is 32.1 Å². The molecule has 5 heteroatoms. The molecule has 0 aliphatic heterocycles. The third-order valence-electron chi connectivity index (χ3n) is 5.01. The van der Waals surface area contributed by atoms with Gasteiger partial charge in [-0.1, -0.05) is 45.0 Å². The zero-order chi connectivity index (χ0) is 20.3. The second kappa shape index (κ2) is 6.31. The maximum absolute atomic E-state index is 13.6. The van der Waals surface area contributed by atoms with Crippen molar-refractivity contribution < 1.29 is 13.2 Å². The van der Waals surface area contributed by atoms with Gasteiger partial charge in [-0.2, -0.15) is 13.2 Å². The first-order valence-electron chi connectivity index (χ1n) is 9.06. The monoisotopic (exact) mass is 399 g/mol. The zero-order valence-electron chi connectivity index (χ0n) is 16.1. The molecule has 1 nitrogen and oxygen atoms in total. The Bertz CT molecular complexity index is 1200. The molecule has 0 fully saturated rings. The number of alkyl halides is 3. The molecule has 2 aromatic heterocycles. The molecule has 0 aliphatic rings. The number of pyridine rings is 1. The van der Waals surface area contributed by atoms with Crippen molar-refractivity contribution in [2.24, 2.45) is 0 Å². The van der Waals surface area contributed by atoms with E-state index in [-0.39, 0.29) is 15.7 Å². The Hall–Kier alpha value is -2.40. The number of halogens is 3. The zero-order valence-corrected chi connectivity index (χ0v) is 16.9. The molecular formula is C23H20F3NS. The number of aromatic nitrogens is 1. The predicted molar refractivity (Wildman–Crippen MR) is 111 cm³/mol. The Kier molecular flexibility index (Phi) is 4.27. The molecule has 0 saturated carbocycles. The Balaban J connectivity index is 2.05. The van der Waals surface area contributed by atoms with Gasteiger partial charge in [0, 0.05) is 22.0 Å². The summed E-state index contributed by atoms with van der Waals surface area (Å²) in [7, 11) is 0. The van der Waals surface area contributed by atoms with Crippen molar-refractivity contribution in [2.75, 3.05) is 0 Å². The molecule has 0 amide bonds. The molecule has 28 heavy (non-hydrogen) atoms. The van der Waals surface area contributed by atoms with Crippen molar-refractivity contribution in [3.05, 3.63) is 64.7 Å². The molecule has 0 atom stereocenters. The fraction of sp³-hybridized carbons (Fsp3) is 0.261. The van der Waals surface area contributed by atoms with Gasteiger partial charge in [-0.05, 0) is 46.9 Å². The Morgan fingerprint density at radius 2 is 1.64 bits per heavy atom. The van der Waals surface area contributed by atoms with Gasteiger partial charge in [0.25, 0.3) is 0 Å². The highest BCUT2D eigenvalue weighted by Gasteiger charge is 2.36. The van der Waals surface area contributed by atoms with Crippen LogP contribution in [0, 0.1) is 6.92 Å². The van der Waals surface area contributed by atoms with Gasteiger partial charge in [-0.25, -0.2) is 0 Å². The first-order chi connectivity index (χ1) is 13.1. The van der Waals surface area contributed by atoms with Crippen LogP contribution in [0.5, 0.6) is 0 Å². The summed E-state index contributed by atoms with van der Waals surface area (Å²) in [4.78, 5) is 4.76. The van der Waals surface area contributed by atoms with Crippen LogP contribution in [0.4, 0.5) is 13.2 Å². The van der Waals surface area contributed by atoms with Gasteiger partial charge >= 0.3 is 6.18 Å². The van der Waals surface area contributed by atoms with Crippen molar-refractivity contribution in [1.29, 1.82) is 0 Å². The molecule has 0 aliphatic carbocycles. The topological polar surface area (TPSA) is 12.9 Å². The summed E-state index contributed by atoms with van der Waals surface area (Å²) < 4.78 is 41.3. The average molecular weight is 399 g/mol. The molecule has 0 saturated heterocycles. The van der Waals surface area contributed by atoms with E-state index in [1.54, 1.807) is 0 Å². The lowest BCUT2D eigenvalue weighted by atomic mass is 9.82. The lowest BCUT2D eigenvalue weighted by molar-refractivity contribution is -0.136. The lowest BCUT2D eigenvalue weighted by Crippen LogP contribution is -2.12. The van der Waals surface area contributed by atoms with Crippen LogP contribution >= 0.6 is 11.3 Å². The minimum absolute atomic E-state index is 0.105. The number of aryl methyl sites for hydroxylation is 1. The second-order valence-corrected chi connectivity index (χ2v) is 9.29. The molecule has 0 unspecified atom stereocenters. The van der Waals surface area contributed by atoms with Crippen molar-refractivity contribution >= 4 is 32.2 Å². The number of thiophene rings is 1. The highest BCUT2D eigenvalue weighted by molar-refractivity contribution is 7.19. The first kappa shape index (κ1) is 18.9. The summed E-state index contributed by atoms with van der Waals surface area (Å²) in [5.74, 6) is 0. The molecule has 2 aromatic carbocycles. The Morgan fingerprint density at radius 3 is 2.32 bits per heavy atom. The van der Waals surface area contributed by atoms with Gasteiger partial charge in [0.2, 0.25) is 0 Å². The molecule has 2 heterocycles. The van der Waals surface area contributed by atoms with E-state index in [0.717, 1.165) is 33.2 Å². The van der Waals surface area contributed by atoms with E-state index in [2.05, 4.69) is 37.9 Å². The molecule has 4 aromatic rings. The third kappa shape index (κ3) is 3.08. The van der Waals surface area contributed by atoms with Gasteiger partial charge < -0.3 is 0 Å². The highest BCUT2D eigenvalue weighted by atomic mass is 32.1. The van der Waals surface area contributed by atoms with Crippen LogP contribution in [0.1, 0.15) is 36.8 Å². The number of hydrogen-bond donors (Lipinski definition) is 0. The largest absolute Gasteiger partial charge is 0.418 e. The quantitative estimate of drug-likeness (QED) is 0.319. The average Bonchev–Trinajstić information content (AvgIpc) is 2.95. The summed E-state index contributed by atoms with van der Waals surface area (Å²) in [6.45, 7) is 7.95. The highest BCUT2D eigenvalue weighted by Crippen LogP contribution is 2.45. The van der Waals surface area contributed by atoms with Crippen molar-refractivity contribution in [2.45, 2.75) is 39.3 Å². The summed E-state index contributed by atoms with van der Waals surface area (Å²) in [5.41, 5.74) is 1.96. The Morgan fingerprint density at radius 1 is 0.929 bits per heavy atom. The SMILES string of the molecule is Cc1sc2c(-c3cc(C(C)(C)C)c4ccccc4c3)nccc2c1C(F)(F)F. The minimum Gasteiger partial charge on any atom is -0.255 e. The normalized spacial score (nSPS) is 12.8. The minimum atomic E-state index is -4.37. The summed E-state index contributed by atoms with van der Waals surface area (Å²) in [5, 5.41) is 2.45. The van der Waals surface area contributed by atoms with Crippen molar-refractivity contribution in [3.63, 3.8) is 0 Å². The first-order valence-corrected chi connectivity index (χ1v) is 9.88. The Labute approximate surface area is 165 Å². The van der Waals surface area contributed by atoms with E-state index in [1.165, 1.54) is 19.2 Å².